The van der Waals surface area contributed by atoms with E-state index in [4.69, 9.17) is 21.1 Å². The molecule has 0 radical (unpaired) electrons. The highest BCUT2D eigenvalue weighted by molar-refractivity contribution is 6.32. The molecule has 10 heteroatoms. The molecule has 1 saturated heterocycles. The lowest BCUT2D eigenvalue weighted by atomic mass is 9.82. The second-order valence-corrected chi connectivity index (χ2v) is 12.7. The summed E-state index contributed by atoms with van der Waals surface area (Å²) in [5.41, 5.74) is 1.70. The van der Waals surface area contributed by atoms with E-state index in [1.165, 1.54) is 6.07 Å². The van der Waals surface area contributed by atoms with Crippen LogP contribution in [-0.4, -0.2) is 68.3 Å². The number of ether oxygens (including phenoxy) is 2. The summed E-state index contributed by atoms with van der Waals surface area (Å²) in [6.45, 7) is 7.72. The number of carbonyl (C=O) groups is 1. The zero-order valence-corrected chi connectivity index (χ0v) is 28.5. The van der Waals surface area contributed by atoms with Crippen molar-refractivity contribution in [2.75, 3.05) is 52.5 Å². The van der Waals surface area contributed by atoms with Crippen LogP contribution in [0.3, 0.4) is 0 Å². The van der Waals surface area contributed by atoms with Gasteiger partial charge in [-0.2, -0.15) is 13.2 Å². The van der Waals surface area contributed by atoms with Gasteiger partial charge in [-0.05, 0) is 53.8 Å². The molecule has 0 unspecified atom stereocenters. The highest BCUT2D eigenvalue weighted by Gasteiger charge is 2.38. The van der Waals surface area contributed by atoms with Gasteiger partial charge in [0.15, 0.2) is 0 Å². The van der Waals surface area contributed by atoms with Crippen LogP contribution in [0.15, 0.2) is 103 Å². The first kappa shape index (κ1) is 36.4. The first-order valence-electron chi connectivity index (χ1n) is 16.6. The van der Waals surface area contributed by atoms with E-state index in [-0.39, 0.29) is 23.9 Å². The third-order valence-corrected chi connectivity index (χ3v) is 9.45. The van der Waals surface area contributed by atoms with Gasteiger partial charge in [-0.15, -0.1) is 0 Å². The number of carbonyl (C=O) groups excluding carboxylic acids is 1. The fourth-order valence-electron chi connectivity index (χ4n) is 6.26. The van der Waals surface area contributed by atoms with Crippen molar-refractivity contribution in [3.63, 3.8) is 0 Å². The minimum atomic E-state index is -4.56. The molecule has 0 bridgehead atoms. The summed E-state index contributed by atoms with van der Waals surface area (Å²) in [6.07, 6.45) is -3.73. The lowest BCUT2D eigenvalue weighted by molar-refractivity contribution is -0.137. The molecule has 1 aliphatic rings. The van der Waals surface area contributed by atoms with E-state index >= 15 is 0 Å². The first-order valence-corrected chi connectivity index (χ1v) is 17.0. The quantitative estimate of drug-likeness (QED) is 0.130. The van der Waals surface area contributed by atoms with Crippen LogP contribution in [0.4, 0.5) is 13.2 Å². The van der Waals surface area contributed by atoms with Crippen LogP contribution in [0.1, 0.15) is 41.2 Å². The number of hydrogen-bond acceptors (Lipinski definition) is 5. The third kappa shape index (κ3) is 9.85. The number of benzene rings is 4. The number of nitrogens with one attached hydrogen (secondary N) is 1. The van der Waals surface area contributed by atoms with E-state index in [1.807, 2.05) is 84.9 Å². The molecule has 1 aliphatic heterocycles. The summed E-state index contributed by atoms with van der Waals surface area (Å²) in [7, 11) is 0. The summed E-state index contributed by atoms with van der Waals surface area (Å²) >= 11 is 6.43. The predicted molar refractivity (Wildman–Crippen MR) is 187 cm³/mol. The van der Waals surface area contributed by atoms with Crippen LogP contribution in [0.5, 0.6) is 5.75 Å². The van der Waals surface area contributed by atoms with Gasteiger partial charge in [0.2, 0.25) is 5.91 Å². The maximum absolute atomic E-state index is 13.8. The molecule has 260 valence electrons. The van der Waals surface area contributed by atoms with Crippen LogP contribution in [0.2, 0.25) is 5.02 Å². The van der Waals surface area contributed by atoms with E-state index in [0.717, 1.165) is 55.6 Å². The molecule has 5 rings (SSSR count). The number of morpholine rings is 1. The highest BCUT2D eigenvalue weighted by atomic mass is 35.5. The van der Waals surface area contributed by atoms with Gasteiger partial charge in [-0.3, -0.25) is 14.6 Å². The summed E-state index contributed by atoms with van der Waals surface area (Å²) in [5, 5.41) is 2.71. The molecular formula is C39H43ClF3N3O3. The Morgan fingerprint density at radius 3 is 2.22 bits per heavy atom. The van der Waals surface area contributed by atoms with E-state index < -0.39 is 17.3 Å². The largest absolute Gasteiger partial charge is 0.494 e. The number of nitrogens with zero attached hydrogens (tertiary/aromatic N) is 2. The number of rotatable bonds is 15. The zero-order chi connectivity index (χ0) is 34.7. The zero-order valence-electron chi connectivity index (χ0n) is 27.7. The van der Waals surface area contributed by atoms with Gasteiger partial charge in [0, 0.05) is 39.3 Å². The van der Waals surface area contributed by atoms with Gasteiger partial charge >= 0.3 is 6.18 Å². The second kappa shape index (κ2) is 17.2. The highest BCUT2D eigenvalue weighted by Crippen LogP contribution is 2.40. The molecule has 1 heterocycles. The molecular weight excluding hydrogens is 651 g/mol. The Kier molecular flexibility index (Phi) is 12.7. The molecule has 4 aromatic rings. The number of alkyl halides is 3. The van der Waals surface area contributed by atoms with Crippen molar-refractivity contribution >= 4 is 17.5 Å². The number of amides is 1. The lowest BCUT2D eigenvalue weighted by Gasteiger charge is -2.43. The minimum Gasteiger partial charge on any atom is -0.494 e. The fourth-order valence-corrected chi connectivity index (χ4v) is 6.55. The average molecular weight is 694 g/mol. The van der Waals surface area contributed by atoms with E-state index in [2.05, 4.69) is 22.0 Å². The van der Waals surface area contributed by atoms with Crippen LogP contribution in [0.25, 0.3) is 0 Å². The summed E-state index contributed by atoms with van der Waals surface area (Å²) < 4.78 is 53.0. The Balaban J connectivity index is 1.28. The monoisotopic (exact) mass is 693 g/mol. The Bertz CT molecular complexity index is 1590. The van der Waals surface area contributed by atoms with Crippen LogP contribution in [0, 0.1) is 0 Å². The van der Waals surface area contributed by atoms with Crippen LogP contribution >= 0.6 is 11.6 Å². The standard InChI is InChI=1S/C39H43ClF3N3O3/c1-38(32-13-4-2-5-14-32,33-15-6-3-7-16-33)46(29-31-12-9-18-35(37(31)40)39(41,42)43)20-10-24-49-34-17-8-11-30(27-34)28-36(47)44-19-21-45-22-25-48-26-23-45/h2-9,11-18,27H,10,19-26,28-29H2,1H3,(H,44,47). The third-order valence-electron chi connectivity index (χ3n) is 9.01. The smallest absolute Gasteiger partial charge is 0.417 e. The summed E-state index contributed by atoms with van der Waals surface area (Å²) in [6, 6.07) is 31.5. The molecule has 1 fully saturated rings. The Labute approximate surface area is 291 Å². The normalized spacial score (nSPS) is 14.2. The van der Waals surface area contributed by atoms with Crippen LogP contribution in [-0.2, 0) is 34.2 Å². The summed E-state index contributed by atoms with van der Waals surface area (Å²) in [5.74, 6) is 0.607. The van der Waals surface area contributed by atoms with E-state index in [0.29, 0.717) is 37.4 Å². The SMILES string of the molecule is CC(c1ccccc1)(c1ccccc1)N(CCCOc1cccc(CC(=O)NCCN2CCOCC2)c1)Cc1cccc(C(F)(F)F)c1Cl. The predicted octanol–water partition coefficient (Wildman–Crippen LogP) is 7.58. The Morgan fingerprint density at radius 2 is 1.57 bits per heavy atom. The second-order valence-electron chi connectivity index (χ2n) is 12.3. The van der Waals surface area contributed by atoms with Crippen LogP contribution < -0.4 is 10.1 Å². The van der Waals surface area contributed by atoms with Gasteiger partial charge in [0.1, 0.15) is 5.75 Å². The van der Waals surface area contributed by atoms with E-state index in [9.17, 15) is 18.0 Å². The first-order chi connectivity index (χ1) is 23.6. The summed E-state index contributed by atoms with van der Waals surface area (Å²) in [4.78, 5) is 17.0. The van der Waals surface area contributed by atoms with Crippen molar-refractivity contribution in [2.24, 2.45) is 0 Å². The molecule has 0 spiro atoms. The number of halogens is 4. The van der Waals surface area contributed by atoms with E-state index in [1.54, 1.807) is 6.07 Å². The van der Waals surface area contributed by atoms with Crippen molar-refractivity contribution in [3.8, 4) is 5.75 Å². The Hall–Kier alpha value is -3.89. The number of hydrogen-bond donors (Lipinski definition) is 1. The molecule has 0 aromatic heterocycles. The van der Waals surface area contributed by atoms with Crippen molar-refractivity contribution in [2.45, 2.75) is 38.0 Å². The average Bonchev–Trinajstić information content (AvgIpc) is 3.11. The van der Waals surface area contributed by atoms with Crippen molar-refractivity contribution in [1.29, 1.82) is 0 Å². The molecule has 0 saturated carbocycles. The maximum atomic E-state index is 13.8. The van der Waals surface area contributed by atoms with Gasteiger partial charge in [-0.1, -0.05) is 96.5 Å². The van der Waals surface area contributed by atoms with Gasteiger partial charge in [-0.25, -0.2) is 0 Å². The van der Waals surface area contributed by atoms with Crippen molar-refractivity contribution < 1.29 is 27.4 Å². The molecule has 1 N–H and O–H groups in total. The van der Waals surface area contributed by atoms with Crippen molar-refractivity contribution in [1.82, 2.24) is 15.1 Å². The molecule has 4 aromatic carbocycles. The van der Waals surface area contributed by atoms with Gasteiger partial charge < -0.3 is 14.8 Å². The lowest BCUT2D eigenvalue weighted by Crippen LogP contribution is -2.45. The fraction of sp³-hybridized carbons (Fsp3) is 0.359. The minimum absolute atomic E-state index is 0.0459. The molecule has 0 atom stereocenters. The Morgan fingerprint density at radius 1 is 0.918 bits per heavy atom. The molecule has 1 amide bonds. The van der Waals surface area contributed by atoms with Crippen molar-refractivity contribution in [3.05, 3.63) is 136 Å². The maximum Gasteiger partial charge on any atom is 0.417 e. The molecule has 6 nitrogen and oxygen atoms in total. The van der Waals surface area contributed by atoms with Gasteiger partial charge in [0.25, 0.3) is 0 Å². The van der Waals surface area contributed by atoms with Gasteiger partial charge in [0.05, 0.1) is 42.4 Å². The topological polar surface area (TPSA) is 54.0 Å². The molecule has 49 heavy (non-hydrogen) atoms. The molecule has 0 aliphatic carbocycles.